The third kappa shape index (κ3) is 3.41. The molecule has 1 unspecified atom stereocenters. The van der Waals surface area contributed by atoms with Crippen molar-refractivity contribution in [2.45, 2.75) is 31.7 Å². The van der Waals surface area contributed by atoms with Gasteiger partial charge in [-0.05, 0) is 32.9 Å². The van der Waals surface area contributed by atoms with Crippen LogP contribution in [-0.2, 0) is 10.2 Å². The summed E-state index contributed by atoms with van der Waals surface area (Å²) in [6, 6.07) is 0.156. The summed E-state index contributed by atoms with van der Waals surface area (Å²) in [5.41, 5.74) is 0. The highest BCUT2D eigenvalue weighted by molar-refractivity contribution is 7.87. The van der Waals surface area contributed by atoms with Gasteiger partial charge in [-0.15, -0.1) is 0 Å². The molecular formula is C9H21N3O2S. The first-order chi connectivity index (χ1) is 7.11. The molecule has 15 heavy (non-hydrogen) atoms. The molecule has 90 valence electrons. The molecule has 0 saturated carbocycles. The number of piperidine rings is 1. The molecule has 1 heterocycles. The molecule has 0 aliphatic carbocycles. The Hall–Kier alpha value is -0.170. The first-order valence-corrected chi connectivity index (χ1v) is 6.90. The molecule has 0 radical (unpaired) electrons. The largest absolute Gasteiger partial charge is 0.320 e. The number of rotatable bonds is 5. The van der Waals surface area contributed by atoms with Gasteiger partial charge in [0.1, 0.15) is 0 Å². The van der Waals surface area contributed by atoms with Gasteiger partial charge in [-0.2, -0.15) is 12.7 Å². The maximum absolute atomic E-state index is 11.7. The zero-order chi connectivity index (χ0) is 11.3. The predicted octanol–water partition coefficient (Wildman–Crippen LogP) is -0.0854. The van der Waals surface area contributed by atoms with Crippen LogP contribution in [0.1, 0.15) is 25.7 Å². The van der Waals surface area contributed by atoms with Crippen LogP contribution in [0.15, 0.2) is 0 Å². The third-order valence-corrected chi connectivity index (χ3v) is 4.48. The molecule has 0 bridgehead atoms. The summed E-state index contributed by atoms with van der Waals surface area (Å²) in [5, 5.41) is 3.06. The number of hydrogen-bond donors (Lipinski definition) is 2. The van der Waals surface area contributed by atoms with E-state index in [4.69, 9.17) is 0 Å². The minimum atomic E-state index is -3.25. The standard InChI is InChI=1S/C9H21N3O2S/c1-10-7-6-9-5-3-4-8-12(9)15(13,14)11-2/h9-11H,3-8H2,1-2H3. The van der Waals surface area contributed by atoms with Crippen LogP contribution in [-0.4, -0.2) is 45.9 Å². The van der Waals surface area contributed by atoms with E-state index in [-0.39, 0.29) is 6.04 Å². The molecule has 1 aliphatic rings. The molecule has 1 rings (SSSR count). The van der Waals surface area contributed by atoms with Gasteiger partial charge in [0.2, 0.25) is 0 Å². The first-order valence-electron chi connectivity index (χ1n) is 5.46. The minimum absolute atomic E-state index is 0.156. The van der Waals surface area contributed by atoms with Crippen molar-refractivity contribution in [3.05, 3.63) is 0 Å². The summed E-state index contributed by atoms with van der Waals surface area (Å²) in [4.78, 5) is 0. The van der Waals surface area contributed by atoms with E-state index in [2.05, 4.69) is 10.0 Å². The fraction of sp³-hybridized carbons (Fsp3) is 1.00. The summed E-state index contributed by atoms with van der Waals surface area (Å²) >= 11 is 0. The SMILES string of the molecule is CNCCC1CCCCN1S(=O)(=O)NC. The molecular weight excluding hydrogens is 214 g/mol. The second kappa shape index (κ2) is 5.79. The molecule has 0 aromatic carbocycles. The lowest BCUT2D eigenvalue weighted by Gasteiger charge is -2.34. The van der Waals surface area contributed by atoms with Crippen LogP contribution in [0.2, 0.25) is 0 Å². The van der Waals surface area contributed by atoms with Gasteiger partial charge in [0, 0.05) is 19.6 Å². The Kier molecular flexibility index (Phi) is 4.98. The number of hydrogen-bond acceptors (Lipinski definition) is 3. The molecule has 1 atom stereocenters. The maximum Gasteiger partial charge on any atom is 0.279 e. The first kappa shape index (κ1) is 12.9. The zero-order valence-corrected chi connectivity index (χ0v) is 10.3. The molecule has 5 nitrogen and oxygen atoms in total. The van der Waals surface area contributed by atoms with Crippen LogP contribution in [0.3, 0.4) is 0 Å². The van der Waals surface area contributed by atoms with Crippen molar-refractivity contribution in [2.24, 2.45) is 0 Å². The van der Waals surface area contributed by atoms with Crippen molar-refractivity contribution < 1.29 is 8.42 Å². The molecule has 0 spiro atoms. The number of nitrogens with zero attached hydrogens (tertiary/aromatic N) is 1. The molecule has 6 heteroatoms. The lowest BCUT2D eigenvalue weighted by Crippen LogP contribution is -2.48. The lowest BCUT2D eigenvalue weighted by atomic mass is 10.0. The second-order valence-electron chi connectivity index (χ2n) is 3.86. The van der Waals surface area contributed by atoms with Crippen molar-refractivity contribution in [1.29, 1.82) is 0 Å². The van der Waals surface area contributed by atoms with Crippen molar-refractivity contribution in [3.8, 4) is 0 Å². The van der Waals surface area contributed by atoms with Crippen molar-refractivity contribution in [1.82, 2.24) is 14.3 Å². The van der Waals surface area contributed by atoms with Crippen LogP contribution in [0.5, 0.6) is 0 Å². The van der Waals surface area contributed by atoms with Gasteiger partial charge in [-0.25, -0.2) is 4.72 Å². The highest BCUT2D eigenvalue weighted by Gasteiger charge is 2.30. The maximum atomic E-state index is 11.7. The van der Waals surface area contributed by atoms with Crippen LogP contribution in [0, 0.1) is 0 Å². The van der Waals surface area contributed by atoms with Gasteiger partial charge in [-0.1, -0.05) is 6.42 Å². The van der Waals surface area contributed by atoms with E-state index in [0.29, 0.717) is 6.54 Å². The lowest BCUT2D eigenvalue weighted by molar-refractivity contribution is 0.238. The van der Waals surface area contributed by atoms with E-state index in [1.54, 1.807) is 4.31 Å². The molecule has 1 saturated heterocycles. The van der Waals surface area contributed by atoms with Crippen molar-refractivity contribution in [3.63, 3.8) is 0 Å². The Bertz CT molecular complexity index is 279. The summed E-state index contributed by atoms with van der Waals surface area (Å²) in [6.07, 6.45) is 3.96. The molecule has 1 aliphatic heterocycles. The van der Waals surface area contributed by atoms with E-state index >= 15 is 0 Å². The van der Waals surface area contributed by atoms with Gasteiger partial charge in [0.15, 0.2) is 0 Å². The van der Waals surface area contributed by atoms with Gasteiger partial charge >= 0.3 is 0 Å². The van der Waals surface area contributed by atoms with Crippen LogP contribution in [0.4, 0.5) is 0 Å². The molecule has 2 N–H and O–H groups in total. The summed E-state index contributed by atoms with van der Waals surface area (Å²) in [7, 11) is 0.115. The third-order valence-electron chi connectivity index (χ3n) is 2.87. The summed E-state index contributed by atoms with van der Waals surface area (Å²) in [6.45, 7) is 1.51. The van der Waals surface area contributed by atoms with E-state index in [9.17, 15) is 8.42 Å². The molecule has 0 aromatic rings. The minimum Gasteiger partial charge on any atom is -0.320 e. The number of nitrogens with one attached hydrogen (secondary N) is 2. The van der Waals surface area contributed by atoms with Crippen molar-refractivity contribution >= 4 is 10.2 Å². The second-order valence-corrected chi connectivity index (χ2v) is 5.69. The average Bonchev–Trinajstić information content (AvgIpc) is 2.26. The average molecular weight is 235 g/mol. The van der Waals surface area contributed by atoms with Gasteiger partial charge in [0.05, 0.1) is 0 Å². The Morgan fingerprint density at radius 3 is 2.67 bits per heavy atom. The predicted molar refractivity (Wildman–Crippen MR) is 60.9 cm³/mol. The topological polar surface area (TPSA) is 61.4 Å². The molecule has 1 fully saturated rings. The van der Waals surface area contributed by atoms with Gasteiger partial charge in [0.25, 0.3) is 10.2 Å². The van der Waals surface area contributed by atoms with Gasteiger partial charge < -0.3 is 5.32 Å². The molecule has 0 amide bonds. The summed E-state index contributed by atoms with van der Waals surface area (Å²) in [5.74, 6) is 0. The fourth-order valence-electron chi connectivity index (χ4n) is 2.01. The van der Waals surface area contributed by atoms with E-state index in [1.807, 2.05) is 7.05 Å². The Balaban J connectivity index is 2.65. The van der Waals surface area contributed by atoms with Crippen molar-refractivity contribution in [2.75, 3.05) is 27.2 Å². The van der Waals surface area contributed by atoms with Crippen LogP contribution in [0.25, 0.3) is 0 Å². The smallest absolute Gasteiger partial charge is 0.279 e. The highest BCUT2D eigenvalue weighted by atomic mass is 32.2. The Morgan fingerprint density at radius 2 is 2.07 bits per heavy atom. The Morgan fingerprint density at radius 1 is 1.33 bits per heavy atom. The van der Waals surface area contributed by atoms with Crippen LogP contribution < -0.4 is 10.0 Å². The monoisotopic (exact) mass is 235 g/mol. The highest BCUT2D eigenvalue weighted by Crippen LogP contribution is 2.21. The summed E-state index contributed by atoms with van der Waals surface area (Å²) < 4.78 is 27.4. The normalized spacial score (nSPS) is 24.3. The van der Waals surface area contributed by atoms with Gasteiger partial charge in [-0.3, -0.25) is 0 Å². The molecule has 0 aromatic heterocycles. The van der Waals surface area contributed by atoms with E-state index in [1.165, 1.54) is 7.05 Å². The quantitative estimate of drug-likeness (QED) is 0.700. The van der Waals surface area contributed by atoms with Crippen LogP contribution >= 0.6 is 0 Å². The zero-order valence-electron chi connectivity index (χ0n) is 9.49. The Labute approximate surface area is 92.4 Å². The van der Waals surface area contributed by atoms with E-state index in [0.717, 1.165) is 32.2 Å². The van der Waals surface area contributed by atoms with E-state index < -0.39 is 10.2 Å². The fourth-order valence-corrected chi connectivity index (χ4v) is 3.21.